The van der Waals surface area contributed by atoms with E-state index in [1.165, 1.54) is 18.4 Å². The minimum absolute atomic E-state index is 0.385. The summed E-state index contributed by atoms with van der Waals surface area (Å²) in [6.07, 6.45) is 4.65. The van der Waals surface area contributed by atoms with Crippen LogP contribution in [0.5, 0.6) is 0 Å². The van der Waals surface area contributed by atoms with E-state index in [9.17, 15) is 4.79 Å². The highest BCUT2D eigenvalue weighted by Gasteiger charge is 2.25. The van der Waals surface area contributed by atoms with Crippen LogP contribution in [0, 0.1) is 11.8 Å². The molecule has 4 nitrogen and oxygen atoms in total. The van der Waals surface area contributed by atoms with Gasteiger partial charge in [-0.25, -0.2) is 4.79 Å². The molecule has 1 aromatic heterocycles. The number of aromatic nitrogens is 1. The largest absolute Gasteiger partial charge is 0.417 e. The van der Waals surface area contributed by atoms with Gasteiger partial charge in [-0.05, 0) is 68.5 Å². The molecule has 1 fully saturated rings. The second-order valence-electron chi connectivity index (χ2n) is 7.36. The van der Waals surface area contributed by atoms with Crippen molar-refractivity contribution in [3.8, 4) is 11.8 Å². The van der Waals surface area contributed by atoms with E-state index in [0.29, 0.717) is 17.5 Å². The van der Waals surface area contributed by atoms with Crippen LogP contribution in [0.1, 0.15) is 42.7 Å². The van der Waals surface area contributed by atoms with E-state index in [-0.39, 0.29) is 5.76 Å². The highest BCUT2D eigenvalue weighted by Crippen LogP contribution is 2.35. The Balaban J connectivity index is 1.33. The van der Waals surface area contributed by atoms with Crippen LogP contribution in [0.4, 0.5) is 0 Å². The first-order valence-corrected chi connectivity index (χ1v) is 9.56. The molecular formula is C23H24N2O2. The molecule has 0 unspecified atom stereocenters. The maximum atomic E-state index is 11.3. The maximum Gasteiger partial charge on any atom is 0.417 e. The van der Waals surface area contributed by atoms with Gasteiger partial charge in [-0.1, -0.05) is 36.1 Å². The summed E-state index contributed by atoms with van der Waals surface area (Å²) in [6.45, 7) is 0.796. The number of rotatable bonds is 3. The molecule has 1 aliphatic carbocycles. The average Bonchev–Trinajstić information content (AvgIpc) is 3.08. The molecule has 0 amide bonds. The van der Waals surface area contributed by atoms with E-state index in [1.807, 2.05) is 42.5 Å². The van der Waals surface area contributed by atoms with Crippen LogP contribution in [0.15, 0.2) is 57.7 Å². The number of benzene rings is 2. The van der Waals surface area contributed by atoms with Gasteiger partial charge in [0, 0.05) is 11.6 Å². The highest BCUT2D eigenvalue weighted by molar-refractivity contribution is 5.72. The Morgan fingerprint density at radius 2 is 1.89 bits per heavy atom. The zero-order chi connectivity index (χ0) is 18.6. The molecule has 0 bridgehead atoms. The standard InChI is InChI=1S/C23H24N2O2/c1-25(15-5-8-17-6-3-2-4-7-17)20-12-9-18(10-13-20)19-11-14-21-22(16-19)27-23(26)24-21/h2-4,6-7,11,14,16,18,20H,9-10,12-13,15H2,1H3,(H,24,26)/t18-,20-. The van der Waals surface area contributed by atoms with Gasteiger partial charge in [-0.15, -0.1) is 0 Å². The summed E-state index contributed by atoms with van der Waals surface area (Å²) < 4.78 is 5.20. The second kappa shape index (κ2) is 7.85. The number of aromatic amines is 1. The number of nitrogens with one attached hydrogen (secondary N) is 1. The molecule has 0 spiro atoms. The lowest BCUT2D eigenvalue weighted by molar-refractivity contribution is 0.201. The smallest absolute Gasteiger partial charge is 0.408 e. The molecule has 4 heteroatoms. The summed E-state index contributed by atoms with van der Waals surface area (Å²) in [6, 6.07) is 16.8. The minimum atomic E-state index is -0.385. The Morgan fingerprint density at radius 3 is 2.67 bits per heavy atom. The monoisotopic (exact) mass is 360 g/mol. The quantitative estimate of drug-likeness (QED) is 0.715. The van der Waals surface area contributed by atoms with E-state index in [4.69, 9.17) is 4.42 Å². The molecule has 27 heavy (non-hydrogen) atoms. The Morgan fingerprint density at radius 1 is 1.11 bits per heavy atom. The molecule has 1 saturated carbocycles. The molecule has 2 aromatic carbocycles. The van der Waals surface area contributed by atoms with Crippen LogP contribution < -0.4 is 5.76 Å². The highest BCUT2D eigenvalue weighted by atomic mass is 16.4. The lowest BCUT2D eigenvalue weighted by atomic mass is 9.81. The summed E-state index contributed by atoms with van der Waals surface area (Å²) >= 11 is 0. The lowest BCUT2D eigenvalue weighted by Gasteiger charge is -2.34. The van der Waals surface area contributed by atoms with E-state index >= 15 is 0 Å². The van der Waals surface area contributed by atoms with Gasteiger partial charge < -0.3 is 4.42 Å². The molecule has 0 aliphatic heterocycles. The van der Waals surface area contributed by atoms with Crippen LogP contribution in [-0.2, 0) is 0 Å². The van der Waals surface area contributed by atoms with Crippen LogP contribution in [0.2, 0.25) is 0 Å². The predicted molar refractivity (Wildman–Crippen MR) is 108 cm³/mol. The van der Waals surface area contributed by atoms with E-state index in [2.05, 4.69) is 34.8 Å². The van der Waals surface area contributed by atoms with Gasteiger partial charge >= 0.3 is 5.76 Å². The Labute approximate surface area is 159 Å². The first-order valence-electron chi connectivity index (χ1n) is 9.56. The molecule has 1 aliphatic rings. The first kappa shape index (κ1) is 17.6. The molecule has 0 saturated heterocycles. The van der Waals surface area contributed by atoms with Crippen molar-refractivity contribution in [3.63, 3.8) is 0 Å². The molecule has 1 heterocycles. The number of nitrogens with zero attached hydrogens (tertiary/aromatic N) is 1. The topological polar surface area (TPSA) is 49.2 Å². The van der Waals surface area contributed by atoms with Gasteiger partial charge in [0.05, 0.1) is 12.1 Å². The number of H-pyrrole nitrogens is 1. The van der Waals surface area contributed by atoms with Crippen LogP contribution in [0.25, 0.3) is 11.1 Å². The Hall–Kier alpha value is -2.77. The van der Waals surface area contributed by atoms with Gasteiger partial charge in [0.2, 0.25) is 0 Å². The van der Waals surface area contributed by atoms with Crippen molar-refractivity contribution in [2.24, 2.45) is 0 Å². The van der Waals surface area contributed by atoms with Gasteiger partial charge in [0.1, 0.15) is 0 Å². The maximum absolute atomic E-state index is 11.3. The fraction of sp³-hybridized carbons (Fsp3) is 0.348. The number of hydrogen-bond acceptors (Lipinski definition) is 3. The van der Waals surface area contributed by atoms with Crippen molar-refractivity contribution in [3.05, 3.63) is 70.2 Å². The van der Waals surface area contributed by atoms with Crippen LogP contribution in [-0.4, -0.2) is 29.5 Å². The summed E-state index contributed by atoms with van der Waals surface area (Å²) in [5.74, 6) is 6.68. The molecule has 0 radical (unpaired) electrons. The van der Waals surface area contributed by atoms with Crippen molar-refractivity contribution in [2.75, 3.05) is 13.6 Å². The van der Waals surface area contributed by atoms with Crippen molar-refractivity contribution in [2.45, 2.75) is 37.6 Å². The molecule has 0 atom stereocenters. The third kappa shape index (κ3) is 4.15. The van der Waals surface area contributed by atoms with E-state index in [1.54, 1.807) is 0 Å². The van der Waals surface area contributed by atoms with Gasteiger partial charge in [-0.3, -0.25) is 9.88 Å². The Bertz CT molecular complexity index is 1010. The summed E-state index contributed by atoms with van der Waals surface area (Å²) in [7, 11) is 2.17. The van der Waals surface area contributed by atoms with Crippen molar-refractivity contribution >= 4 is 11.1 Å². The fourth-order valence-corrected chi connectivity index (χ4v) is 3.98. The van der Waals surface area contributed by atoms with E-state index in [0.717, 1.165) is 30.5 Å². The molecule has 3 aromatic rings. The summed E-state index contributed by atoms with van der Waals surface area (Å²) in [5.41, 5.74) is 3.78. The molecular weight excluding hydrogens is 336 g/mol. The third-order valence-corrected chi connectivity index (χ3v) is 5.57. The van der Waals surface area contributed by atoms with Gasteiger partial charge in [0.25, 0.3) is 0 Å². The summed E-state index contributed by atoms with van der Waals surface area (Å²) in [5, 5.41) is 0. The Kier molecular flexibility index (Phi) is 5.13. The van der Waals surface area contributed by atoms with E-state index < -0.39 is 0 Å². The zero-order valence-corrected chi connectivity index (χ0v) is 15.6. The van der Waals surface area contributed by atoms with Crippen molar-refractivity contribution in [1.29, 1.82) is 0 Å². The third-order valence-electron chi connectivity index (χ3n) is 5.57. The molecule has 138 valence electrons. The van der Waals surface area contributed by atoms with Crippen LogP contribution in [0.3, 0.4) is 0 Å². The lowest BCUT2D eigenvalue weighted by Crippen LogP contribution is -2.35. The van der Waals surface area contributed by atoms with Gasteiger partial charge in [0.15, 0.2) is 5.58 Å². The predicted octanol–water partition coefficient (Wildman–Crippen LogP) is 4.13. The van der Waals surface area contributed by atoms with Gasteiger partial charge in [-0.2, -0.15) is 0 Å². The number of hydrogen-bond donors (Lipinski definition) is 1. The van der Waals surface area contributed by atoms with Crippen molar-refractivity contribution < 1.29 is 4.42 Å². The molecule has 1 N–H and O–H groups in total. The zero-order valence-electron chi connectivity index (χ0n) is 15.6. The summed E-state index contributed by atoms with van der Waals surface area (Å²) in [4.78, 5) is 16.4. The number of oxazole rings is 1. The first-order chi connectivity index (χ1) is 13.2. The average molecular weight is 360 g/mol. The van der Waals surface area contributed by atoms with Crippen molar-refractivity contribution in [1.82, 2.24) is 9.88 Å². The number of fused-ring (bicyclic) bond motifs is 1. The fourth-order valence-electron chi connectivity index (χ4n) is 3.98. The second-order valence-corrected chi connectivity index (χ2v) is 7.36. The molecule has 4 rings (SSSR count). The minimum Gasteiger partial charge on any atom is -0.408 e. The van der Waals surface area contributed by atoms with Crippen LogP contribution >= 0.6 is 0 Å². The SMILES string of the molecule is CN(CC#Cc1ccccc1)[C@H]1CC[C@H](c2ccc3[nH]c(=O)oc3c2)CC1. The normalized spacial score (nSPS) is 19.8.